The molecule has 2 aliphatic rings. The van der Waals surface area contributed by atoms with E-state index >= 15 is 0 Å². The molecule has 1 unspecified atom stereocenters. The van der Waals surface area contributed by atoms with E-state index in [4.69, 9.17) is 5.11 Å². The molecule has 1 fully saturated rings. The highest BCUT2D eigenvalue weighted by Gasteiger charge is 2.36. The number of halogens is 7. The van der Waals surface area contributed by atoms with Gasteiger partial charge < -0.3 is 10.0 Å². The summed E-state index contributed by atoms with van der Waals surface area (Å²) in [5, 5.41) is 8.58. The number of hydrogen-bond acceptors (Lipinski definition) is 3. The van der Waals surface area contributed by atoms with Crippen LogP contribution in [-0.2, 0) is 23.8 Å². The lowest BCUT2D eigenvalue weighted by Crippen LogP contribution is -2.28. The van der Waals surface area contributed by atoms with Crippen molar-refractivity contribution in [2.24, 2.45) is 5.92 Å². The van der Waals surface area contributed by atoms with E-state index in [1.54, 1.807) is 18.2 Å². The second-order valence-electron chi connectivity index (χ2n) is 9.84. The molecule has 2 atom stereocenters. The Balaban J connectivity index is 0.000000277. The van der Waals surface area contributed by atoms with Crippen molar-refractivity contribution in [3.05, 3.63) is 82.3 Å². The molecule has 0 saturated heterocycles. The Morgan fingerprint density at radius 2 is 1.48 bits per heavy atom. The second kappa shape index (κ2) is 14.7. The molecule has 0 aromatic heterocycles. The molecule has 4 rings (SSSR count). The number of hydrogen-bond donors (Lipinski definition) is 1. The average molecular weight is 576 g/mol. The molecular weight excluding hydrogens is 539 g/mol. The van der Waals surface area contributed by atoms with E-state index in [2.05, 4.69) is 11.9 Å². The highest BCUT2D eigenvalue weighted by molar-refractivity contribution is 5.92. The first-order valence-electron chi connectivity index (χ1n) is 13.4. The average Bonchev–Trinajstić information content (AvgIpc) is 3.36. The normalized spacial score (nSPS) is 19.2. The Labute approximate surface area is 230 Å². The van der Waals surface area contributed by atoms with Gasteiger partial charge in [-0.2, -0.15) is 26.3 Å². The first kappa shape index (κ1) is 33.3. The summed E-state index contributed by atoms with van der Waals surface area (Å²) in [6, 6.07) is 7.98. The molecule has 10 heteroatoms. The van der Waals surface area contributed by atoms with Crippen LogP contribution in [0.15, 0.2) is 54.2 Å². The van der Waals surface area contributed by atoms with Crippen molar-refractivity contribution in [3.63, 3.8) is 0 Å². The van der Waals surface area contributed by atoms with Crippen LogP contribution < -0.4 is 0 Å². The SMILES string of the molecule is CC.CN(CC1CCC[C@@H](c2ccc(F)cc2)C1)C1=CC(=O)CC1.OCc1cc(C(F)(F)F)cc(C(F)(F)F)c1. The molecule has 2 aromatic rings. The number of rotatable bonds is 5. The van der Waals surface area contributed by atoms with E-state index in [-0.39, 0.29) is 17.7 Å². The quantitative estimate of drug-likeness (QED) is 0.364. The minimum atomic E-state index is -4.87. The Morgan fingerprint density at radius 1 is 0.900 bits per heavy atom. The van der Waals surface area contributed by atoms with Crippen LogP contribution in [0.5, 0.6) is 0 Å². The highest BCUT2D eigenvalue weighted by atomic mass is 19.4. The van der Waals surface area contributed by atoms with Crippen molar-refractivity contribution in [2.75, 3.05) is 13.6 Å². The zero-order chi connectivity index (χ0) is 30.1. The zero-order valence-corrected chi connectivity index (χ0v) is 22.9. The predicted molar refractivity (Wildman–Crippen MR) is 140 cm³/mol. The van der Waals surface area contributed by atoms with Gasteiger partial charge in [0.2, 0.25) is 0 Å². The lowest BCUT2D eigenvalue weighted by atomic mass is 9.78. The van der Waals surface area contributed by atoms with Gasteiger partial charge in [-0.1, -0.05) is 32.4 Å². The number of alkyl halides is 6. The number of nitrogens with zero attached hydrogens (tertiary/aromatic N) is 1. The largest absolute Gasteiger partial charge is 0.416 e. The maximum absolute atomic E-state index is 13.1. The molecule has 0 bridgehead atoms. The third kappa shape index (κ3) is 9.94. The van der Waals surface area contributed by atoms with Crippen molar-refractivity contribution in [1.82, 2.24) is 4.90 Å². The fraction of sp³-hybridized carbons (Fsp3) is 0.500. The Morgan fingerprint density at radius 3 is 1.95 bits per heavy atom. The summed E-state index contributed by atoms with van der Waals surface area (Å²) >= 11 is 0. The number of allylic oxidation sites excluding steroid dienone is 2. The molecule has 40 heavy (non-hydrogen) atoms. The molecule has 1 saturated carbocycles. The van der Waals surface area contributed by atoms with E-state index in [9.17, 15) is 35.5 Å². The second-order valence-corrected chi connectivity index (χ2v) is 9.84. The summed E-state index contributed by atoms with van der Waals surface area (Å²) in [5.41, 5.74) is -0.821. The van der Waals surface area contributed by atoms with Crippen LogP contribution in [-0.4, -0.2) is 29.4 Å². The van der Waals surface area contributed by atoms with E-state index in [0.717, 1.165) is 19.4 Å². The molecule has 2 aliphatic carbocycles. The molecule has 0 amide bonds. The molecule has 0 aliphatic heterocycles. The van der Waals surface area contributed by atoms with Crippen LogP contribution in [0, 0.1) is 11.7 Å². The topological polar surface area (TPSA) is 40.5 Å². The van der Waals surface area contributed by atoms with Gasteiger partial charge in [0.1, 0.15) is 5.82 Å². The first-order chi connectivity index (χ1) is 18.8. The van der Waals surface area contributed by atoms with E-state index in [1.807, 2.05) is 26.0 Å². The van der Waals surface area contributed by atoms with Crippen LogP contribution in [0.2, 0.25) is 0 Å². The summed E-state index contributed by atoms with van der Waals surface area (Å²) < 4.78 is 86.4. The van der Waals surface area contributed by atoms with Gasteiger partial charge in [-0.3, -0.25) is 4.79 Å². The Kier molecular flexibility index (Phi) is 12.2. The minimum absolute atomic E-state index is 0.0131. The van der Waals surface area contributed by atoms with Gasteiger partial charge in [0, 0.05) is 31.8 Å². The van der Waals surface area contributed by atoms with Crippen molar-refractivity contribution < 1.29 is 40.6 Å². The van der Waals surface area contributed by atoms with Crippen molar-refractivity contribution in [3.8, 4) is 0 Å². The molecule has 2 aromatic carbocycles. The monoisotopic (exact) mass is 575 g/mol. The van der Waals surface area contributed by atoms with Crippen molar-refractivity contribution in [1.29, 1.82) is 0 Å². The van der Waals surface area contributed by atoms with Gasteiger partial charge in [0.05, 0.1) is 17.7 Å². The third-order valence-corrected chi connectivity index (χ3v) is 6.93. The fourth-order valence-corrected chi connectivity index (χ4v) is 4.99. The van der Waals surface area contributed by atoms with Gasteiger partial charge in [0.25, 0.3) is 0 Å². The number of aliphatic hydroxyl groups is 1. The van der Waals surface area contributed by atoms with Gasteiger partial charge in [0.15, 0.2) is 5.78 Å². The number of carbonyl (C=O) groups excluding carboxylic acids is 1. The fourth-order valence-electron chi connectivity index (χ4n) is 4.99. The van der Waals surface area contributed by atoms with E-state index in [0.29, 0.717) is 30.4 Å². The lowest BCUT2D eigenvalue weighted by Gasteiger charge is -2.33. The molecule has 0 heterocycles. The molecular formula is C30H36F7NO2. The minimum Gasteiger partial charge on any atom is -0.392 e. The third-order valence-electron chi connectivity index (χ3n) is 6.93. The standard InChI is InChI=1S/C19H24FNO.C9H6F6O.C2H6/c1-21(18-9-10-19(22)12-18)13-14-3-2-4-16(11-14)15-5-7-17(20)8-6-15;10-8(11,12)6-1-5(4-16)2-7(3-6)9(13,14)15;1-2/h5-8,12,14,16H,2-4,9-11,13H2,1H3;1-3,16H,4H2;1-2H3/t14?,16-;;/m1../s1. The zero-order valence-electron chi connectivity index (χ0n) is 22.9. The molecule has 0 radical (unpaired) electrons. The van der Waals surface area contributed by atoms with Crippen molar-refractivity contribution >= 4 is 5.78 Å². The summed E-state index contributed by atoms with van der Waals surface area (Å²) in [5.74, 6) is 1.31. The Bertz CT molecular complexity index is 1090. The maximum atomic E-state index is 13.1. The Hall–Kier alpha value is -2.88. The smallest absolute Gasteiger partial charge is 0.392 e. The molecule has 222 valence electrons. The highest BCUT2D eigenvalue weighted by Crippen LogP contribution is 2.38. The maximum Gasteiger partial charge on any atom is 0.416 e. The summed E-state index contributed by atoms with van der Waals surface area (Å²) in [6.45, 7) is 4.14. The van der Waals surface area contributed by atoms with E-state index in [1.165, 1.54) is 30.5 Å². The first-order valence-corrected chi connectivity index (χ1v) is 13.4. The van der Waals surface area contributed by atoms with Crippen LogP contribution in [0.3, 0.4) is 0 Å². The van der Waals surface area contributed by atoms with Crippen LogP contribution >= 0.6 is 0 Å². The number of ketones is 1. The number of carbonyl (C=O) groups is 1. The molecule has 0 spiro atoms. The molecule has 1 N–H and O–H groups in total. The predicted octanol–water partition coefficient (Wildman–Crippen LogP) is 8.52. The van der Waals surface area contributed by atoms with E-state index < -0.39 is 35.6 Å². The summed E-state index contributed by atoms with van der Waals surface area (Å²) in [4.78, 5) is 13.6. The summed E-state index contributed by atoms with van der Waals surface area (Å²) in [6.07, 6.45) is -1.52. The number of benzene rings is 2. The van der Waals surface area contributed by atoms with Gasteiger partial charge in [-0.15, -0.1) is 0 Å². The van der Waals surface area contributed by atoms with Crippen LogP contribution in [0.25, 0.3) is 0 Å². The van der Waals surface area contributed by atoms with Crippen molar-refractivity contribution in [2.45, 2.75) is 77.2 Å². The van der Waals surface area contributed by atoms with Gasteiger partial charge >= 0.3 is 12.4 Å². The lowest BCUT2D eigenvalue weighted by molar-refractivity contribution is -0.143. The summed E-state index contributed by atoms with van der Waals surface area (Å²) in [7, 11) is 2.10. The number of aliphatic hydroxyl groups excluding tert-OH is 1. The van der Waals surface area contributed by atoms with Crippen LogP contribution in [0.4, 0.5) is 30.7 Å². The van der Waals surface area contributed by atoms with Gasteiger partial charge in [-0.05, 0) is 79.0 Å². The molecule has 3 nitrogen and oxygen atoms in total. The van der Waals surface area contributed by atoms with Gasteiger partial charge in [-0.25, -0.2) is 4.39 Å². The van der Waals surface area contributed by atoms with Crippen LogP contribution in [0.1, 0.15) is 80.5 Å².